The van der Waals surface area contributed by atoms with Crippen molar-refractivity contribution in [2.45, 2.75) is 52.8 Å². The Morgan fingerprint density at radius 3 is 2.55 bits per heavy atom. The van der Waals surface area contributed by atoms with E-state index >= 15 is 0 Å². The van der Waals surface area contributed by atoms with Crippen molar-refractivity contribution in [2.24, 2.45) is 0 Å². The second-order valence-electron chi connectivity index (χ2n) is 8.18. The van der Waals surface area contributed by atoms with E-state index in [0.717, 1.165) is 16.5 Å². The van der Waals surface area contributed by atoms with Gasteiger partial charge in [0.25, 0.3) is 0 Å². The SMILES string of the molecule is Cc1cc(=O)oc2c(CN(C)Cc3ccccc3)c(O)c(CCC(=O)OC(C)C)cc12. The van der Waals surface area contributed by atoms with Gasteiger partial charge in [-0.3, -0.25) is 9.69 Å². The van der Waals surface area contributed by atoms with Crippen LogP contribution in [-0.4, -0.2) is 29.1 Å². The molecule has 1 heterocycles. The Kier molecular flexibility index (Phi) is 7.13. The second kappa shape index (κ2) is 9.79. The quantitative estimate of drug-likeness (QED) is 0.429. The number of hydrogen-bond acceptors (Lipinski definition) is 6. The summed E-state index contributed by atoms with van der Waals surface area (Å²) in [6.07, 6.45) is 0.310. The largest absolute Gasteiger partial charge is 0.507 e. The van der Waals surface area contributed by atoms with E-state index in [1.807, 2.05) is 49.2 Å². The van der Waals surface area contributed by atoms with Crippen LogP contribution < -0.4 is 5.63 Å². The van der Waals surface area contributed by atoms with Crippen LogP contribution in [0.25, 0.3) is 11.0 Å². The predicted molar refractivity (Wildman–Crippen MR) is 120 cm³/mol. The molecule has 164 valence electrons. The molecule has 3 aromatic rings. The molecule has 6 heteroatoms. The number of aromatic hydroxyl groups is 1. The lowest BCUT2D eigenvalue weighted by molar-refractivity contribution is -0.147. The zero-order valence-electron chi connectivity index (χ0n) is 18.5. The fourth-order valence-corrected chi connectivity index (χ4v) is 3.68. The highest BCUT2D eigenvalue weighted by Crippen LogP contribution is 2.34. The minimum Gasteiger partial charge on any atom is -0.507 e. The van der Waals surface area contributed by atoms with Crippen LogP contribution in [0.15, 0.2) is 51.7 Å². The monoisotopic (exact) mass is 423 g/mol. The zero-order valence-corrected chi connectivity index (χ0v) is 18.5. The van der Waals surface area contributed by atoms with Crippen LogP contribution in [0.1, 0.15) is 42.5 Å². The minimum atomic E-state index is -0.454. The van der Waals surface area contributed by atoms with Gasteiger partial charge in [0.2, 0.25) is 0 Å². The minimum absolute atomic E-state index is 0.0542. The zero-order chi connectivity index (χ0) is 22.5. The maximum atomic E-state index is 12.0. The molecule has 0 aliphatic heterocycles. The lowest BCUT2D eigenvalue weighted by atomic mass is 9.98. The molecule has 31 heavy (non-hydrogen) atoms. The molecule has 0 saturated carbocycles. The molecule has 0 amide bonds. The predicted octanol–water partition coefficient (Wildman–Crippen LogP) is 4.32. The first-order valence-electron chi connectivity index (χ1n) is 10.4. The Morgan fingerprint density at radius 1 is 1.16 bits per heavy atom. The number of benzene rings is 2. The maximum Gasteiger partial charge on any atom is 0.336 e. The number of fused-ring (bicyclic) bond motifs is 1. The molecule has 6 nitrogen and oxygen atoms in total. The summed E-state index contributed by atoms with van der Waals surface area (Å²) in [4.78, 5) is 26.1. The fourth-order valence-electron chi connectivity index (χ4n) is 3.68. The van der Waals surface area contributed by atoms with E-state index in [0.29, 0.717) is 36.2 Å². The van der Waals surface area contributed by atoms with Gasteiger partial charge in [0, 0.05) is 31.0 Å². The normalized spacial score (nSPS) is 11.4. The number of carbonyl (C=O) groups is 1. The van der Waals surface area contributed by atoms with Crippen molar-refractivity contribution < 1.29 is 19.1 Å². The summed E-state index contributed by atoms with van der Waals surface area (Å²) in [6, 6.07) is 13.2. The van der Waals surface area contributed by atoms with Crippen LogP contribution in [0.3, 0.4) is 0 Å². The van der Waals surface area contributed by atoms with Crippen LogP contribution in [0.4, 0.5) is 0 Å². The van der Waals surface area contributed by atoms with Crippen molar-refractivity contribution in [3.63, 3.8) is 0 Å². The van der Waals surface area contributed by atoms with E-state index in [2.05, 4.69) is 0 Å². The number of ether oxygens (including phenoxy) is 1. The van der Waals surface area contributed by atoms with Crippen molar-refractivity contribution >= 4 is 16.9 Å². The highest BCUT2D eigenvalue weighted by Gasteiger charge is 2.19. The molecule has 2 aromatic carbocycles. The molecular formula is C25H29NO5. The third kappa shape index (κ3) is 5.73. The van der Waals surface area contributed by atoms with Crippen molar-refractivity contribution in [3.05, 3.63) is 75.1 Å². The van der Waals surface area contributed by atoms with Crippen molar-refractivity contribution in [1.29, 1.82) is 0 Å². The summed E-state index contributed by atoms with van der Waals surface area (Å²) in [5.41, 5.74) is 3.01. The molecule has 0 fully saturated rings. The summed E-state index contributed by atoms with van der Waals surface area (Å²) in [5.74, 6) is -0.257. The van der Waals surface area contributed by atoms with Gasteiger partial charge in [0.1, 0.15) is 11.3 Å². The molecule has 0 bridgehead atoms. The number of carbonyl (C=O) groups excluding carboxylic acids is 1. The van der Waals surface area contributed by atoms with Crippen LogP contribution in [0.2, 0.25) is 0 Å². The smallest absolute Gasteiger partial charge is 0.336 e. The number of aryl methyl sites for hydroxylation is 2. The second-order valence-corrected chi connectivity index (χ2v) is 8.18. The first-order chi connectivity index (χ1) is 14.7. The van der Waals surface area contributed by atoms with Gasteiger partial charge in [-0.05, 0) is 57.0 Å². The molecule has 0 aliphatic rings. The van der Waals surface area contributed by atoms with E-state index in [9.17, 15) is 14.7 Å². The van der Waals surface area contributed by atoms with Gasteiger partial charge >= 0.3 is 11.6 Å². The first-order valence-corrected chi connectivity index (χ1v) is 10.4. The van der Waals surface area contributed by atoms with Gasteiger partial charge < -0.3 is 14.3 Å². The van der Waals surface area contributed by atoms with E-state index < -0.39 is 5.63 Å². The van der Waals surface area contributed by atoms with Crippen LogP contribution in [0.5, 0.6) is 5.75 Å². The van der Waals surface area contributed by atoms with E-state index in [1.54, 1.807) is 19.9 Å². The van der Waals surface area contributed by atoms with Gasteiger partial charge in [-0.2, -0.15) is 0 Å². The van der Waals surface area contributed by atoms with Crippen molar-refractivity contribution in [1.82, 2.24) is 4.90 Å². The highest BCUT2D eigenvalue weighted by molar-refractivity contribution is 5.86. The van der Waals surface area contributed by atoms with Crippen molar-refractivity contribution in [3.8, 4) is 5.75 Å². The molecule has 0 saturated heterocycles. The van der Waals surface area contributed by atoms with E-state index in [1.165, 1.54) is 6.07 Å². The molecule has 1 N–H and O–H groups in total. The molecular weight excluding hydrogens is 394 g/mol. The molecule has 0 unspecified atom stereocenters. The third-order valence-corrected chi connectivity index (χ3v) is 5.08. The molecule has 3 rings (SSSR count). The lowest BCUT2D eigenvalue weighted by Crippen LogP contribution is -2.18. The molecule has 1 aromatic heterocycles. The van der Waals surface area contributed by atoms with Gasteiger partial charge in [0.15, 0.2) is 0 Å². The number of nitrogens with zero attached hydrogens (tertiary/aromatic N) is 1. The summed E-state index contributed by atoms with van der Waals surface area (Å²) >= 11 is 0. The van der Waals surface area contributed by atoms with Crippen LogP contribution in [0, 0.1) is 6.92 Å². The number of hydrogen-bond donors (Lipinski definition) is 1. The number of rotatable bonds is 8. The van der Waals surface area contributed by atoms with Crippen LogP contribution >= 0.6 is 0 Å². The topological polar surface area (TPSA) is 80.0 Å². The Bertz CT molecular complexity index is 1120. The van der Waals surface area contributed by atoms with Gasteiger partial charge in [-0.15, -0.1) is 0 Å². The van der Waals surface area contributed by atoms with E-state index in [-0.39, 0.29) is 24.2 Å². The summed E-state index contributed by atoms with van der Waals surface area (Å²) in [7, 11) is 1.94. The standard InChI is InChI=1S/C25H29NO5/c1-16(2)30-22(27)11-10-19-13-20-17(3)12-23(28)31-25(20)21(24(19)29)15-26(4)14-18-8-6-5-7-9-18/h5-9,12-13,16,29H,10-11,14-15H2,1-4H3. The fraction of sp³-hybridized carbons (Fsp3) is 0.360. The molecule has 0 radical (unpaired) electrons. The third-order valence-electron chi connectivity index (χ3n) is 5.08. The average Bonchev–Trinajstić information content (AvgIpc) is 2.69. The Labute approximate surface area is 182 Å². The number of phenols is 1. The van der Waals surface area contributed by atoms with Crippen LogP contribution in [-0.2, 0) is 29.0 Å². The molecule has 0 atom stereocenters. The lowest BCUT2D eigenvalue weighted by Gasteiger charge is -2.20. The molecule has 0 spiro atoms. The summed E-state index contributed by atoms with van der Waals surface area (Å²) < 4.78 is 10.7. The van der Waals surface area contributed by atoms with Gasteiger partial charge in [-0.25, -0.2) is 4.79 Å². The molecule has 0 aliphatic carbocycles. The summed E-state index contributed by atoms with van der Waals surface area (Å²) in [6.45, 7) is 6.50. The van der Waals surface area contributed by atoms with Gasteiger partial charge in [0.05, 0.1) is 11.7 Å². The number of esters is 1. The average molecular weight is 424 g/mol. The number of phenolic OH excluding ortho intramolecular Hbond substituents is 1. The van der Waals surface area contributed by atoms with E-state index in [4.69, 9.17) is 9.15 Å². The van der Waals surface area contributed by atoms with Crippen molar-refractivity contribution in [2.75, 3.05) is 7.05 Å². The summed E-state index contributed by atoms with van der Waals surface area (Å²) in [5, 5.41) is 11.8. The first kappa shape index (κ1) is 22.6. The Morgan fingerprint density at radius 2 is 1.87 bits per heavy atom. The maximum absolute atomic E-state index is 12.0. The highest BCUT2D eigenvalue weighted by atomic mass is 16.5. The Balaban J connectivity index is 1.96. The Hall–Kier alpha value is -3.12. The van der Waals surface area contributed by atoms with Gasteiger partial charge in [-0.1, -0.05) is 30.3 Å².